The predicted molar refractivity (Wildman–Crippen MR) is 193 cm³/mol. The first-order valence-corrected chi connectivity index (χ1v) is 16.1. The molecule has 6 aromatic rings. The minimum atomic E-state index is -0.355. The third kappa shape index (κ3) is 5.34. The molecule has 2 aromatic heterocycles. The van der Waals surface area contributed by atoms with Crippen LogP contribution in [0.4, 0.5) is 23.0 Å². The lowest BCUT2D eigenvalue weighted by Gasteiger charge is -2.39. The largest absolute Gasteiger partial charge is 0.452 e. The summed E-state index contributed by atoms with van der Waals surface area (Å²) in [5.41, 5.74) is 7.98. The van der Waals surface area contributed by atoms with Gasteiger partial charge in [0.2, 0.25) is 0 Å². The lowest BCUT2D eigenvalue weighted by molar-refractivity contribution is 0.418. The smallest absolute Gasteiger partial charge is 0.155 e. The van der Waals surface area contributed by atoms with Crippen molar-refractivity contribution in [2.24, 2.45) is 0 Å². The first-order chi connectivity index (χ1) is 21.8. The van der Waals surface area contributed by atoms with Crippen LogP contribution in [0.15, 0.2) is 97.1 Å². The van der Waals surface area contributed by atoms with Crippen LogP contribution >= 0.6 is 0 Å². The highest BCUT2D eigenvalue weighted by atomic mass is 16.5. The topological polar surface area (TPSA) is 59.1 Å². The molecule has 0 atom stereocenters. The van der Waals surface area contributed by atoms with Crippen molar-refractivity contribution in [1.82, 2.24) is 9.97 Å². The van der Waals surface area contributed by atoms with Crippen molar-refractivity contribution >= 4 is 44.8 Å². The summed E-state index contributed by atoms with van der Waals surface area (Å²) >= 11 is 0. The van der Waals surface area contributed by atoms with E-state index in [9.17, 15) is 0 Å². The molecular weight excluding hydrogens is 564 g/mol. The summed E-state index contributed by atoms with van der Waals surface area (Å²) < 4.78 is 7.05. The molecule has 7 rings (SSSR count). The minimum Gasteiger partial charge on any atom is -0.452 e. The average molecular weight is 607 g/mol. The second kappa shape index (κ2) is 10.6. The minimum absolute atomic E-state index is 0.0691. The molecule has 0 radical (unpaired) electrons. The van der Waals surface area contributed by atoms with Gasteiger partial charge in [-0.2, -0.15) is 0 Å². The molecule has 232 valence electrons. The van der Waals surface area contributed by atoms with E-state index in [1.54, 1.807) is 0 Å². The van der Waals surface area contributed by atoms with Crippen LogP contribution in [-0.4, -0.2) is 9.97 Å². The number of hydrogen-bond acceptors (Lipinski definition) is 5. The van der Waals surface area contributed by atoms with Crippen molar-refractivity contribution < 1.29 is 4.74 Å². The molecule has 0 amide bonds. The molecule has 0 aliphatic carbocycles. The maximum Gasteiger partial charge on any atom is 0.155 e. The summed E-state index contributed by atoms with van der Waals surface area (Å²) in [5.74, 6) is 3.19. The van der Waals surface area contributed by atoms with E-state index in [0.717, 1.165) is 67.4 Å². The summed E-state index contributed by atoms with van der Waals surface area (Å²) in [6.07, 6.45) is 0. The Morgan fingerprint density at radius 1 is 0.543 bits per heavy atom. The van der Waals surface area contributed by atoms with E-state index >= 15 is 0 Å². The number of anilines is 4. The van der Waals surface area contributed by atoms with Crippen molar-refractivity contribution in [3.63, 3.8) is 0 Å². The maximum atomic E-state index is 7.05. The molecule has 4 aromatic carbocycles. The van der Waals surface area contributed by atoms with Gasteiger partial charge in [0.05, 0.1) is 22.4 Å². The van der Waals surface area contributed by atoms with Gasteiger partial charge in [-0.25, -0.2) is 9.97 Å². The van der Waals surface area contributed by atoms with Crippen LogP contribution in [0.2, 0.25) is 0 Å². The SMILES string of the molecule is CC(C)(C)c1cc(Nc2ccc3ccccc3n2)c2c(c1)C(C)(C)c1cc(C(C)(C)C)cc(Nc3ccc4ccccc4n3)c1O2. The highest BCUT2D eigenvalue weighted by molar-refractivity contribution is 5.84. The number of pyridine rings is 2. The molecular formula is C41H42N4O. The molecule has 0 fully saturated rings. The first-order valence-electron chi connectivity index (χ1n) is 16.1. The van der Waals surface area contributed by atoms with E-state index < -0.39 is 0 Å². The number of nitrogens with one attached hydrogen (secondary N) is 2. The van der Waals surface area contributed by atoms with Crippen molar-refractivity contribution in [2.75, 3.05) is 10.6 Å². The van der Waals surface area contributed by atoms with Gasteiger partial charge >= 0.3 is 0 Å². The Balaban J connectivity index is 1.40. The predicted octanol–water partition coefficient (Wildman–Crippen LogP) is 11.3. The number of aromatic nitrogens is 2. The van der Waals surface area contributed by atoms with E-state index in [2.05, 4.69) is 115 Å². The van der Waals surface area contributed by atoms with Crippen LogP contribution in [-0.2, 0) is 16.2 Å². The van der Waals surface area contributed by atoms with E-state index in [1.807, 2.05) is 48.5 Å². The van der Waals surface area contributed by atoms with Crippen molar-refractivity contribution in [3.8, 4) is 11.5 Å². The van der Waals surface area contributed by atoms with E-state index in [0.29, 0.717) is 0 Å². The number of rotatable bonds is 4. The lowest BCUT2D eigenvalue weighted by Crippen LogP contribution is -2.28. The van der Waals surface area contributed by atoms with Crippen LogP contribution in [0.3, 0.4) is 0 Å². The highest BCUT2D eigenvalue weighted by Gasteiger charge is 2.39. The standard InChI is InChI=1S/C41H42N4O/c1-39(2,3)27-21-29-37(33(23-27)44-35-19-17-25-13-9-11-15-31(25)42-35)46-38-30(41(29,7)8)22-28(40(4,5)6)24-34(38)45-36-20-18-26-14-10-12-16-32(26)43-36/h9-24H,1-8H3,(H,42,44)(H,43,45). The van der Waals surface area contributed by atoms with E-state index in [1.165, 1.54) is 11.1 Å². The fraction of sp³-hybridized carbons (Fsp3) is 0.268. The van der Waals surface area contributed by atoms with Crippen LogP contribution < -0.4 is 15.4 Å². The number of nitrogens with zero attached hydrogens (tertiary/aromatic N) is 2. The zero-order valence-electron chi connectivity index (χ0n) is 28.0. The van der Waals surface area contributed by atoms with Gasteiger partial charge in [-0.1, -0.05) is 104 Å². The Kier molecular flexibility index (Phi) is 6.86. The zero-order valence-corrected chi connectivity index (χ0v) is 28.0. The molecule has 5 heteroatoms. The van der Waals surface area contributed by atoms with Gasteiger partial charge in [0.1, 0.15) is 11.6 Å². The summed E-state index contributed by atoms with van der Waals surface area (Å²) in [6, 6.07) is 33.8. The van der Waals surface area contributed by atoms with Crippen LogP contribution in [0.25, 0.3) is 21.8 Å². The molecule has 0 spiro atoms. The molecule has 0 saturated heterocycles. The fourth-order valence-corrected chi connectivity index (χ4v) is 6.25. The molecule has 2 N–H and O–H groups in total. The normalized spacial score (nSPS) is 14.0. The molecule has 0 saturated carbocycles. The zero-order chi connectivity index (χ0) is 32.4. The van der Waals surface area contributed by atoms with Gasteiger partial charge in [0.25, 0.3) is 0 Å². The Hall–Kier alpha value is -4.90. The Morgan fingerprint density at radius 2 is 0.957 bits per heavy atom. The first kappa shape index (κ1) is 29.8. The summed E-state index contributed by atoms with van der Waals surface area (Å²) in [4.78, 5) is 9.88. The fourth-order valence-electron chi connectivity index (χ4n) is 6.25. The number of fused-ring (bicyclic) bond motifs is 4. The van der Waals surface area contributed by atoms with Crippen LogP contribution in [0.5, 0.6) is 11.5 Å². The van der Waals surface area contributed by atoms with Crippen molar-refractivity contribution in [1.29, 1.82) is 0 Å². The summed E-state index contributed by atoms with van der Waals surface area (Å²) in [6.45, 7) is 18.2. The van der Waals surface area contributed by atoms with Gasteiger partial charge in [0.15, 0.2) is 11.5 Å². The third-order valence-electron chi connectivity index (χ3n) is 9.18. The second-order valence-electron chi connectivity index (χ2n) is 15.1. The lowest BCUT2D eigenvalue weighted by atomic mass is 9.71. The number of hydrogen-bond donors (Lipinski definition) is 2. The molecule has 5 nitrogen and oxygen atoms in total. The molecule has 1 aliphatic heterocycles. The number of para-hydroxylation sites is 2. The van der Waals surface area contributed by atoms with Crippen LogP contribution in [0, 0.1) is 0 Å². The molecule has 0 bridgehead atoms. The van der Waals surface area contributed by atoms with Crippen molar-refractivity contribution in [3.05, 3.63) is 119 Å². The van der Waals surface area contributed by atoms with E-state index in [-0.39, 0.29) is 16.2 Å². The van der Waals surface area contributed by atoms with Gasteiger partial charge in [-0.15, -0.1) is 0 Å². The Morgan fingerprint density at radius 3 is 1.37 bits per heavy atom. The Bertz CT molecular complexity index is 1980. The monoisotopic (exact) mass is 606 g/mol. The molecule has 3 heterocycles. The molecule has 46 heavy (non-hydrogen) atoms. The highest BCUT2D eigenvalue weighted by Crippen LogP contribution is 2.55. The average Bonchev–Trinajstić information content (AvgIpc) is 3.00. The number of benzene rings is 4. The van der Waals surface area contributed by atoms with Gasteiger partial charge < -0.3 is 15.4 Å². The van der Waals surface area contributed by atoms with E-state index in [4.69, 9.17) is 14.7 Å². The maximum absolute atomic E-state index is 7.05. The van der Waals surface area contributed by atoms with Gasteiger partial charge in [-0.05, 0) is 70.5 Å². The third-order valence-corrected chi connectivity index (χ3v) is 9.18. The Labute approximate surface area is 272 Å². The molecule has 0 unspecified atom stereocenters. The molecule has 1 aliphatic rings. The number of ether oxygens (including phenoxy) is 1. The summed E-state index contributed by atoms with van der Waals surface area (Å²) in [5, 5.41) is 9.54. The van der Waals surface area contributed by atoms with Gasteiger partial charge in [0, 0.05) is 27.3 Å². The second-order valence-corrected chi connectivity index (χ2v) is 15.1. The summed E-state index contributed by atoms with van der Waals surface area (Å²) in [7, 11) is 0. The quantitative estimate of drug-likeness (QED) is 0.209. The van der Waals surface area contributed by atoms with Gasteiger partial charge in [-0.3, -0.25) is 0 Å². The van der Waals surface area contributed by atoms with Crippen LogP contribution in [0.1, 0.15) is 77.6 Å². The van der Waals surface area contributed by atoms with Crippen molar-refractivity contribution in [2.45, 2.75) is 71.6 Å².